The van der Waals surface area contributed by atoms with E-state index in [2.05, 4.69) is 26.2 Å². The highest BCUT2D eigenvalue weighted by Gasteiger charge is 2.20. The van der Waals surface area contributed by atoms with Crippen molar-refractivity contribution in [2.24, 2.45) is 0 Å². The molecule has 0 aliphatic heterocycles. The summed E-state index contributed by atoms with van der Waals surface area (Å²) in [5.74, 6) is 0.723. The molecule has 1 heterocycles. The van der Waals surface area contributed by atoms with E-state index in [4.69, 9.17) is 0 Å². The summed E-state index contributed by atoms with van der Waals surface area (Å²) < 4.78 is 1.87. The van der Waals surface area contributed by atoms with Crippen LogP contribution in [0.2, 0.25) is 0 Å². The SMILES string of the molecule is CC(C)(C)NC(=O)NCc1nnnn1C1CCCCC1. The molecule has 1 saturated carbocycles. The highest BCUT2D eigenvalue weighted by Crippen LogP contribution is 2.27. The van der Waals surface area contributed by atoms with Gasteiger partial charge in [-0.15, -0.1) is 5.10 Å². The Kier molecular flexibility index (Phi) is 4.57. The fraction of sp³-hybridized carbons (Fsp3) is 0.846. The molecular formula is C13H24N6O. The van der Waals surface area contributed by atoms with Crippen LogP contribution in [0.25, 0.3) is 0 Å². The largest absolute Gasteiger partial charge is 0.334 e. The van der Waals surface area contributed by atoms with Gasteiger partial charge in [-0.25, -0.2) is 9.48 Å². The van der Waals surface area contributed by atoms with Gasteiger partial charge >= 0.3 is 6.03 Å². The van der Waals surface area contributed by atoms with Gasteiger partial charge in [0.15, 0.2) is 5.82 Å². The third-order valence-electron chi connectivity index (χ3n) is 3.38. The summed E-state index contributed by atoms with van der Waals surface area (Å²) >= 11 is 0. The van der Waals surface area contributed by atoms with E-state index in [1.54, 1.807) is 0 Å². The van der Waals surface area contributed by atoms with Gasteiger partial charge in [0.2, 0.25) is 0 Å². The van der Waals surface area contributed by atoms with Crippen molar-refractivity contribution >= 4 is 6.03 Å². The quantitative estimate of drug-likeness (QED) is 0.883. The maximum absolute atomic E-state index is 11.7. The maximum atomic E-state index is 11.7. The molecule has 1 aliphatic carbocycles. The van der Waals surface area contributed by atoms with Crippen LogP contribution in [0.5, 0.6) is 0 Å². The van der Waals surface area contributed by atoms with Crippen LogP contribution in [0, 0.1) is 0 Å². The molecule has 1 aromatic heterocycles. The summed E-state index contributed by atoms with van der Waals surface area (Å²) in [7, 11) is 0. The molecule has 0 aromatic carbocycles. The Morgan fingerprint density at radius 1 is 1.30 bits per heavy atom. The van der Waals surface area contributed by atoms with E-state index in [0.717, 1.165) is 18.7 Å². The number of nitrogens with zero attached hydrogens (tertiary/aromatic N) is 4. The van der Waals surface area contributed by atoms with Gasteiger partial charge in [-0.05, 0) is 44.0 Å². The van der Waals surface area contributed by atoms with Gasteiger partial charge in [0.25, 0.3) is 0 Å². The second kappa shape index (κ2) is 6.19. The molecule has 0 unspecified atom stereocenters. The molecule has 2 rings (SSSR count). The number of hydrogen-bond acceptors (Lipinski definition) is 4. The van der Waals surface area contributed by atoms with Crippen LogP contribution in [-0.2, 0) is 6.54 Å². The summed E-state index contributed by atoms with van der Waals surface area (Å²) in [6.45, 7) is 6.18. The first kappa shape index (κ1) is 14.7. The first-order valence-corrected chi connectivity index (χ1v) is 7.28. The lowest BCUT2D eigenvalue weighted by atomic mass is 9.96. The number of aromatic nitrogens is 4. The van der Waals surface area contributed by atoms with Crippen molar-refractivity contribution in [3.63, 3.8) is 0 Å². The number of amides is 2. The van der Waals surface area contributed by atoms with Gasteiger partial charge < -0.3 is 10.6 Å². The van der Waals surface area contributed by atoms with E-state index in [9.17, 15) is 4.79 Å². The second-order valence-electron chi connectivity index (χ2n) is 6.39. The van der Waals surface area contributed by atoms with Crippen molar-refractivity contribution in [2.45, 2.75) is 71.0 Å². The van der Waals surface area contributed by atoms with Crippen LogP contribution >= 0.6 is 0 Å². The Morgan fingerprint density at radius 3 is 2.65 bits per heavy atom. The van der Waals surface area contributed by atoms with Gasteiger partial charge in [0.1, 0.15) is 0 Å². The zero-order valence-corrected chi connectivity index (χ0v) is 12.5. The van der Waals surface area contributed by atoms with Crippen molar-refractivity contribution in [2.75, 3.05) is 0 Å². The number of carbonyl (C=O) groups is 1. The van der Waals surface area contributed by atoms with E-state index >= 15 is 0 Å². The van der Waals surface area contributed by atoms with Crippen molar-refractivity contribution < 1.29 is 4.79 Å². The normalized spacial score (nSPS) is 16.9. The van der Waals surface area contributed by atoms with Crippen molar-refractivity contribution in [3.8, 4) is 0 Å². The van der Waals surface area contributed by atoms with E-state index in [0.29, 0.717) is 12.6 Å². The fourth-order valence-corrected chi connectivity index (χ4v) is 2.48. The molecule has 7 nitrogen and oxygen atoms in total. The minimum atomic E-state index is -0.251. The minimum Gasteiger partial charge on any atom is -0.334 e. The highest BCUT2D eigenvalue weighted by atomic mass is 16.2. The Morgan fingerprint density at radius 2 is 2.00 bits per heavy atom. The van der Waals surface area contributed by atoms with Crippen molar-refractivity contribution in [1.29, 1.82) is 0 Å². The number of rotatable bonds is 3. The van der Waals surface area contributed by atoms with E-state index in [1.807, 2.05) is 25.5 Å². The molecule has 0 spiro atoms. The molecule has 0 atom stereocenters. The monoisotopic (exact) mass is 280 g/mol. The summed E-state index contributed by atoms with van der Waals surface area (Å²) in [4.78, 5) is 11.7. The van der Waals surface area contributed by atoms with E-state index in [1.165, 1.54) is 19.3 Å². The van der Waals surface area contributed by atoms with Gasteiger partial charge in [0, 0.05) is 5.54 Å². The van der Waals surface area contributed by atoms with Gasteiger partial charge in [-0.1, -0.05) is 19.3 Å². The molecule has 1 fully saturated rings. The molecular weight excluding hydrogens is 256 g/mol. The van der Waals surface area contributed by atoms with Gasteiger partial charge in [0.05, 0.1) is 12.6 Å². The predicted octanol–water partition coefficient (Wildman–Crippen LogP) is 1.78. The van der Waals surface area contributed by atoms with Crippen molar-refractivity contribution in [1.82, 2.24) is 30.8 Å². The Balaban J connectivity index is 1.90. The smallest absolute Gasteiger partial charge is 0.315 e. The van der Waals surface area contributed by atoms with Crippen LogP contribution in [0.15, 0.2) is 0 Å². The topological polar surface area (TPSA) is 84.7 Å². The highest BCUT2D eigenvalue weighted by molar-refractivity contribution is 5.74. The second-order valence-corrected chi connectivity index (χ2v) is 6.39. The predicted molar refractivity (Wildman–Crippen MR) is 75.1 cm³/mol. The summed E-state index contributed by atoms with van der Waals surface area (Å²) in [6, 6.07) is 0.178. The zero-order valence-electron chi connectivity index (χ0n) is 12.5. The maximum Gasteiger partial charge on any atom is 0.315 e. The standard InChI is InChI=1S/C13H24N6O/c1-13(2,3)15-12(20)14-9-11-16-17-18-19(11)10-7-5-4-6-8-10/h10H,4-9H2,1-3H3,(H2,14,15,20). The Hall–Kier alpha value is -1.66. The molecule has 0 radical (unpaired) electrons. The lowest BCUT2D eigenvalue weighted by Gasteiger charge is -2.23. The van der Waals surface area contributed by atoms with E-state index < -0.39 is 0 Å². The summed E-state index contributed by atoms with van der Waals surface area (Å²) in [6.07, 6.45) is 5.97. The third kappa shape index (κ3) is 4.18. The fourth-order valence-electron chi connectivity index (χ4n) is 2.48. The molecule has 2 amide bonds. The number of urea groups is 1. The lowest BCUT2D eigenvalue weighted by Crippen LogP contribution is -2.46. The lowest BCUT2D eigenvalue weighted by molar-refractivity contribution is 0.230. The molecule has 1 aliphatic rings. The average Bonchev–Trinajstić information content (AvgIpc) is 2.83. The molecule has 0 saturated heterocycles. The Labute approximate surface area is 119 Å². The molecule has 112 valence electrons. The number of tetrazole rings is 1. The molecule has 2 N–H and O–H groups in total. The number of hydrogen-bond donors (Lipinski definition) is 2. The molecule has 1 aromatic rings. The molecule has 0 bridgehead atoms. The summed E-state index contributed by atoms with van der Waals surface area (Å²) in [5.41, 5.74) is -0.251. The number of carbonyl (C=O) groups excluding carboxylic acids is 1. The van der Waals surface area contributed by atoms with Gasteiger partial charge in [-0.3, -0.25) is 0 Å². The third-order valence-corrected chi connectivity index (χ3v) is 3.38. The first-order valence-electron chi connectivity index (χ1n) is 7.28. The molecule has 20 heavy (non-hydrogen) atoms. The first-order chi connectivity index (χ1) is 9.46. The number of nitrogens with one attached hydrogen (secondary N) is 2. The van der Waals surface area contributed by atoms with Crippen LogP contribution in [0.3, 0.4) is 0 Å². The zero-order chi connectivity index (χ0) is 14.6. The molecule has 7 heteroatoms. The van der Waals surface area contributed by atoms with Crippen molar-refractivity contribution in [3.05, 3.63) is 5.82 Å². The average molecular weight is 280 g/mol. The van der Waals surface area contributed by atoms with Crippen LogP contribution in [-0.4, -0.2) is 31.8 Å². The van der Waals surface area contributed by atoms with E-state index in [-0.39, 0.29) is 11.6 Å². The minimum absolute atomic E-state index is 0.198. The van der Waals surface area contributed by atoms with Crippen LogP contribution < -0.4 is 10.6 Å². The summed E-state index contributed by atoms with van der Waals surface area (Å²) in [5, 5.41) is 17.5. The Bertz CT molecular complexity index is 444. The van der Waals surface area contributed by atoms with Crippen LogP contribution in [0.1, 0.15) is 64.7 Å². The van der Waals surface area contributed by atoms with Gasteiger partial charge in [-0.2, -0.15) is 0 Å². The van der Waals surface area contributed by atoms with Crippen LogP contribution in [0.4, 0.5) is 4.79 Å².